The van der Waals surface area contributed by atoms with E-state index in [2.05, 4.69) is 15.7 Å². The lowest BCUT2D eigenvalue weighted by atomic mass is 10.1. The molecule has 8 nitrogen and oxygen atoms in total. The van der Waals surface area contributed by atoms with E-state index in [-0.39, 0.29) is 30.2 Å². The summed E-state index contributed by atoms with van der Waals surface area (Å²) in [5.74, 6) is -1.17. The number of halogens is 1. The second-order valence-corrected chi connectivity index (χ2v) is 6.16. The predicted octanol–water partition coefficient (Wildman–Crippen LogP) is 3.39. The van der Waals surface area contributed by atoms with Crippen molar-refractivity contribution in [3.8, 4) is 0 Å². The van der Waals surface area contributed by atoms with Gasteiger partial charge < -0.3 is 15.2 Å². The van der Waals surface area contributed by atoms with Crippen molar-refractivity contribution >= 4 is 23.5 Å². The van der Waals surface area contributed by atoms with Crippen LogP contribution < -0.4 is 10.6 Å². The molecule has 0 fully saturated rings. The first-order valence-electron chi connectivity index (χ1n) is 9.19. The first-order valence-corrected chi connectivity index (χ1v) is 9.19. The molecule has 2 rings (SSSR count). The fourth-order valence-electron chi connectivity index (χ4n) is 2.57. The summed E-state index contributed by atoms with van der Waals surface area (Å²) in [6, 6.07) is 4.96. The summed E-state index contributed by atoms with van der Waals surface area (Å²) in [4.78, 5) is 24.5. The first-order chi connectivity index (χ1) is 13.5. The maximum absolute atomic E-state index is 13.7. The Morgan fingerprint density at radius 1 is 1.29 bits per heavy atom. The second-order valence-electron chi connectivity index (χ2n) is 6.16. The third kappa shape index (κ3) is 5.78. The van der Waals surface area contributed by atoms with Crippen LogP contribution in [0.3, 0.4) is 0 Å². The molecule has 1 aromatic carbocycles. The molecule has 0 aliphatic carbocycles. The van der Waals surface area contributed by atoms with Crippen molar-refractivity contribution < 1.29 is 23.8 Å². The van der Waals surface area contributed by atoms with Crippen LogP contribution in [0, 0.1) is 5.82 Å². The van der Waals surface area contributed by atoms with Gasteiger partial charge in [0.1, 0.15) is 17.2 Å². The SMILES string of the molecule is CCCCC(O)Cn1ncc(C(=O)OCC)c1NC(=O)Nc1ccccc1F. The van der Waals surface area contributed by atoms with Gasteiger partial charge in [-0.15, -0.1) is 0 Å². The highest BCUT2D eigenvalue weighted by molar-refractivity contribution is 6.04. The number of esters is 1. The molecule has 1 aromatic heterocycles. The van der Waals surface area contributed by atoms with Crippen LogP contribution in [0.1, 0.15) is 43.5 Å². The summed E-state index contributed by atoms with van der Waals surface area (Å²) in [7, 11) is 0. The second kappa shape index (κ2) is 10.4. The number of nitrogens with zero attached hydrogens (tertiary/aromatic N) is 2. The van der Waals surface area contributed by atoms with E-state index in [1.807, 2.05) is 6.92 Å². The molecule has 0 saturated heterocycles. The molecule has 1 unspecified atom stereocenters. The Kier molecular flexibility index (Phi) is 7.94. The number of rotatable bonds is 9. The highest BCUT2D eigenvalue weighted by atomic mass is 19.1. The van der Waals surface area contributed by atoms with Crippen molar-refractivity contribution in [2.24, 2.45) is 0 Å². The Hall–Kier alpha value is -2.94. The van der Waals surface area contributed by atoms with Crippen molar-refractivity contribution in [3.05, 3.63) is 41.8 Å². The lowest BCUT2D eigenvalue weighted by molar-refractivity contribution is 0.0527. The Morgan fingerprint density at radius 2 is 2.04 bits per heavy atom. The molecule has 1 heterocycles. The average molecular weight is 392 g/mol. The Morgan fingerprint density at radius 3 is 2.71 bits per heavy atom. The Bertz CT molecular complexity index is 809. The van der Waals surface area contributed by atoms with Crippen LogP contribution in [0.15, 0.2) is 30.5 Å². The molecular weight excluding hydrogens is 367 g/mol. The van der Waals surface area contributed by atoms with E-state index >= 15 is 0 Å². The van der Waals surface area contributed by atoms with Gasteiger partial charge in [0.05, 0.1) is 31.1 Å². The van der Waals surface area contributed by atoms with E-state index in [0.29, 0.717) is 6.42 Å². The molecule has 0 radical (unpaired) electrons. The number of ether oxygens (including phenoxy) is 1. The minimum Gasteiger partial charge on any atom is -0.462 e. The highest BCUT2D eigenvalue weighted by Gasteiger charge is 2.22. The number of carbonyl (C=O) groups excluding carboxylic acids is 2. The number of carbonyl (C=O) groups is 2. The maximum Gasteiger partial charge on any atom is 0.343 e. The van der Waals surface area contributed by atoms with Gasteiger partial charge in [-0.1, -0.05) is 31.9 Å². The highest BCUT2D eigenvalue weighted by Crippen LogP contribution is 2.19. The first kappa shape index (κ1) is 21.4. The number of aliphatic hydroxyl groups excluding tert-OH is 1. The van der Waals surface area contributed by atoms with Crippen molar-refractivity contribution in [1.29, 1.82) is 0 Å². The number of benzene rings is 1. The third-order valence-corrected chi connectivity index (χ3v) is 3.96. The van der Waals surface area contributed by atoms with Gasteiger partial charge in [-0.2, -0.15) is 5.10 Å². The largest absolute Gasteiger partial charge is 0.462 e. The molecule has 9 heteroatoms. The summed E-state index contributed by atoms with van der Waals surface area (Å²) < 4.78 is 20.1. The maximum atomic E-state index is 13.7. The molecule has 0 saturated carbocycles. The average Bonchev–Trinajstić information content (AvgIpc) is 3.04. The van der Waals surface area contributed by atoms with Gasteiger partial charge in [-0.25, -0.2) is 18.7 Å². The van der Waals surface area contributed by atoms with Crippen molar-refractivity contribution in [2.45, 2.75) is 45.8 Å². The van der Waals surface area contributed by atoms with Crippen LogP contribution in [0.25, 0.3) is 0 Å². The number of aromatic nitrogens is 2. The molecule has 2 aromatic rings. The molecule has 28 heavy (non-hydrogen) atoms. The van der Waals surface area contributed by atoms with E-state index in [1.165, 1.54) is 29.1 Å². The number of urea groups is 1. The summed E-state index contributed by atoms with van der Waals surface area (Å²) in [6.07, 6.45) is 2.91. The van der Waals surface area contributed by atoms with E-state index in [9.17, 15) is 19.1 Å². The number of anilines is 2. The molecule has 3 N–H and O–H groups in total. The number of aliphatic hydroxyl groups is 1. The van der Waals surface area contributed by atoms with E-state index < -0.39 is 23.9 Å². The minimum absolute atomic E-state index is 0.00766. The zero-order chi connectivity index (χ0) is 20.5. The fourth-order valence-corrected chi connectivity index (χ4v) is 2.57. The third-order valence-electron chi connectivity index (χ3n) is 3.96. The number of amides is 2. The van der Waals surface area contributed by atoms with Crippen LogP contribution in [0.2, 0.25) is 0 Å². The van der Waals surface area contributed by atoms with Gasteiger partial charge in [0, 0.05) is 0 Å². The smallest absolute Gasteiger partial charge is 0.343 e. The Labute approximate surface area is 162 Å². The summed E-state index contributed by atoms with van der Waals surface area (Å²) >= 11 is 0. The summed E-state index contributed by atoms with van der Waals surface area (Å²) in [5, 5.41) is 19.1. The standard InChI is InChI=1S/C19H25FN4O4/c1-3-5-8-13(25)12-24-17(14(11-21-24)18(26)28-4-2)23-19(27)22-16-10-7-6-9-15(16)20/h6-7,9-11,13,25H,3-5,8,12H2,1-2H3,(H2,22,23,27). The number of hydrogen-bond acceptors (Lipinski definition) is 5. The monoisotopic (exact) mass is 392 g/mol. The van der Waals surface area contributed by atoms with Gasteiger partial charge in [-0.3, -0.25) is 5.32 Å². The fraction of sp³-hybridized carbons (Fsp3) is 0.421. The van der Waals surface area contributed by atoms with Gasteiger partial charge >= 0.3 is 12.0 Å². The number of hydrogen-bond donors (Lipinski definition) is 3. The van der Waals surface area contributed by atoms with Crippen LogP contribution in [-0.4, -0.2) is 39.6 Å². The van der Waals surface area contributed by atoms with Gasteiger partial charge in [-0.05, 0) is 25.5 Å². The molecule has 2 amide bonds. The van der Waals surface area contributed by atoms with Crippen LogP contribution in [0.5, 0.6) is 0 Å². The topological polar surface area (TPSA) is 105 Å². The number of nitrogens with one attached hydrogen (secondary N) is 2. The van der Waals surface area contributed by atoms with Crippen LogP contribution >= 0.6 is 0 Å². The molecule has 0 aliphatic rings. The minimum atomic E-state index is -0.750. The molecule has 0 bridgehead atoms. The molecule has 152 valence electrons. The van der Waals surface area contributed by atoms with E-state index in [1.54, 1.807) is 13.0 Å². The quantitative estimate of drug-likeness (QED) is 0.567. The van der Waals surface area contributed by atoms with E-state index in [4.69, 9.17) is 4.74 Å². The van der Waals surface area contributed by atoms with Gasteiger partial charge in [0.25, 0.3) is 0 Å². The zero-order valence-corrected chi connectivity index (χ0v) is 15.9. The van der Waals surface area contributed by atoms with Gasteiger partial charge in [0.2, 0.25) is 0 Å². The number of unbranched alkanes of at least 4 members (excludes halogenated alkanes) is 1. The predicted molar refractivity (Wildman–Crippen MR) is 103 cm³/mol. The van der Waals surface area contributed by atoms with Crippen molar-refractivity contribution in [2.75, 3.05) is 17.2 Å². The zero-order valence-electron chi connectivity index (χ0n) is 15.9. The molecule has 0 spiro atoms. The van der Waals surface area contributed by atoms with Crippen molar-refractivity contribution in [1.82, 2.24) is 9.78 Å². The summed E-state index contributed by atoms with van der Waals surface area (Å²) in [6.45, 7) is 3.92. The Balaban J connectivity index is 2.20. The van der Waals surface area contributed by atoms with Crippen molar-refractivity contribution in [3.63, 3.8) is 0 Å². The molecule has 0 aliphatic heterocycles. The van der Waals surface area contributed by atoms with E-state index in [0.717, 1.165) is 12.8 Å². The molecule has 1 atom stereocenters. The normalized spacial score (nSPS) is 11.7. The lowest BCUT2D eigenvalue weighted by Crippen LogP contribution is -2.25. The van der Waals surface area contributed by atoms with Gasteiger partial charge in [0.15, 0.2) is 0 Å². The van der Waals surface area contributed by atoms with Crippen LogP contribution in [0.4, 0.5) is 20.7 Å². The lowest BCUT2D eigenvalue weighted by Gasteiger charge is -2.15. The number of para-hydroxylation sites is 1. The molecular formula is C19H25FN4O4. The summed E-state index contributed by atoms with van der Waals surface area (Å²) in [5.41, 5.74) is 0.0416. The van der Waals surface area contributed by atoms with Crippen LogP contribution in [-0.2, 0) is 11.3 Å².